The summed E-state index contributed by atoms with van der Waals surface area (Å²) in [6.45, 7) is 11.2. The van der Waals surface area contributed by atoms with Gasteiger partial charge in [-0.15, -0.1) is 0 Å². The number of nitrogens with one attached hydrogen (secondary N) is 1. The van der Waals surface area contributed by atoms with Gasteiger partial charge >= 0.3 is 0 Å². The summed E-state index contributed by atoms with van der Waals surface area (Å²) in [7, 11) is 0. The van der Waals surface area contributed by atoms with Gasteiger partial charge in [-0.25, -0.2) is 0 Å². The molecular weight excluding hydrogens is 238 g/mol. The third-order valence-electron chi connectivity index (χ3n) is 3.60. The summed E-state index contributed by atoms with van der Waals surface area (Å²) in [5.41, 5.74) is 3.73. The Balaban J connectivity index is 2.00. The van der Waals surface area contributed by atoms with Crippen molar-refractivity contribution >= 4 is 0 Å². The number of hydrogen-bond donors (Lipinski definition) is 1. The minimum Gasteiger partial charge on any atom is -0.305 e. The standard InChI is InChI=1S/C14H23N5/c1-5-18-12(4)13(10-17-18)9-15-11(3)14-7-8-16-19(14)6-2/h7-8,10-11,15H,5-6,9H2,1-4H3. The van der Waals surface area contributed by atoms with E-state index in [0.29, 0.717) is 0 Å². The highest BCUT2D eigenvalue weighted by molar-refractivity contribution is 5.16. The molecule has 5 nitrogen and oxygen atoms in total. The Hall–Kier alpha value is -1.62. The van der Waals surface area contributed by atoms with E-state index in [-0.39, 0.29) is 6.04 Å². The van der Waals surface area contributed by atoms with Gasteiger partial charge < -0.3 is 5.32 Å². The fraction of sp³-hybridized carbons (Fsp3) is 0.571. The maximum Gasteiger partial charge on any atom is 0.0550 e. The third-order valence-corrected chi connectivity index (χ3v) is 3.60. The predicted octanol–water partition coefficient (Wildman–Crippen LogP) is 2.28. The molecule has 0 aliphatic rings. The molecule has 2 aromatic heterocycles. The summed E-state index contributed by atoms with van der Waals surface area (Å²) in [5, 5.41) is 12.2. The Morgan fingerprint density at radius 3 is 2.58 bits per heavy atom. The van der Waals surface area contributed by atoms with E-state index in [0.717, 1.165) is 19.6 Å². The summed E-state index contributed by atoms with van der Waals surface area (Å²) in [6.07, 6.45) is 3.81. The molecule has 19 heavy (non-hydrogen) atoms. The smallest absolute Gasteiger partial charge is 0.0550 e. The molecule has 0 aromatic carbocycles. The molecule has 2 heterocycles. The lowest BCUT2D eigenvalue weighted by molar-refractivity contribution is 0.508. The Kier molecular flexibility index (Phi) is 4.37. The lowest BCUT2D eigenvalue weighted by Crippen LogP contribution is -2.21. The highest BCUT2D eigenvalue weighted by atomic mass is 15.3. The van der Waals surface area contributed by atoms with E-state index < -0.39 is 0 Å². The second kappa shape index (κ2) is 6.02. The molecule has 0 radical (unpaired) electrons. The van der Waals surface area contributed by atoms with Crippen molar-refractivity contribution in [1.29, 1.82) is 0 Å². The molecule has 0 saturated heterocycles. The van der Waals surface area contributed by atoms with E-state index in [9.17, 15) is 0 Å². The second-order valence-electron chi connectivity index (χ2n) is 4.75. The molecule has 0 aliphatic carbocycles. The number of rotatable bonds is 6. The summed E-state index contributed by atoms with van der Waals surface area (Å²) in [5.74, 6) is 0. The van der Waals surface area contributed by atoms with Gasteiger partial charge in [-0.3, -0.25) is 9.36 Å². The third kappa shape index (κ3) is 2.87. The van der Waals surface area contributed by atoms with Gasteiger partial charge in [-0.2, -0.15) is 10.2 Å². The lowest BCUT2D eigenvalue weighted by Gasteiger charge is -2.15. The second-order valence-corrected chi connectivity index (χ2v) is 4.75. The van der Waals surface area contributed by atoms with Crippen LogP contribution in [0.2, 0.25) is 0 Å². The normalized spacial score (nSPS) is 12.8. The van der Waals surface area contributed by atoms with Crippen molar-refractivity contribution in [1.82, 2.24) is 24.9 Å². The zero-order chi connectivity index (χ0) is 13.8. The minimum absolute atomic E-state index is 0.284. The fourth-order valence-corrected chi connectivity index (χ4v) is 2.32. The first kappa shape index (κ1) is 13.8. The Morgan fingerprint density at radius 2 is 1.95 bits per heavy atom. The maximum absolute atomic E-state index is 4.37. The topological polar surface area (TPSA) is 47.7 Å². The molecule has 5 heteroatoms. The van der Waals surface area contributed by atoms with Crippen LogP contribution in [-0.4, -0.2) is 19.6 Å². The first-order valence-electron chi connectivity index (χ1n) is 6.93. The summed E-state index contributed by atoms with van der Waals surface area (Å²) in [4.78, 5) is 0. The van der Waals surface area contributed by atoms with Crippen molar-refractivity contribution in [3.63, 3.8) is 0 Å². The van der Waals surface area contributed by atoms with E-state index in [1.54, 1.807) is 0 Å². The van der Waals surface area contributed by atoms with Crippen LogP contribution in [0.1, 0.15) is 43.8 Å². The van der Waals surface area contributed by atoms with Gasteiger partial charge in [0.15, 0.2) is 0 Å². The largest absolute Gasteiger partial charge is 0.305 e. The molecule has 2 rings (SSSR count). The lowest BCUT2D eigenvalue weighted by atomic mass is 10.2. The Bertz CT molecular complexity index is 526. The van der Waals surface area contributed by atoms with E-state index in [2.05, 4.69) is 49.3 Å². The number of hydrogen-bond acceptors (Lipinski definition) is 3. The van der Waals surface area contributed by atoms with Crippen LogP contribution in [0, 0.1) is 6.92 Å². The summed E-state index contributed by atoms with van der Waals surface area (Å²) < 4.78 is 4.05. The van der Waals surface area contributed by atoms with Crippen LogP contribution in [0.15, 0.2) is 18.5 Å². The quantitative estimate of drug-likeness (QED) is 0.868. The maximum atomic E-state index is 4.37. The molecule has 1 atom stereocenters. The van der Waals surface area contributed by atoms with E-state index in [1.165, 1.54) is 17.0 Å². The van der Waals surface area contributed by atoms with Crippen LogP contribution in [-0.2, 0) is 19.6 Å². The molecule has 0 saturated carbocycles. The molecule has 0 amide bonds. The van der Waals surface area contributed by atoms with Gasteiger partial charge in [0.25, 0.3) is 0 Å². The van der Waals surface area contributed by atoms with Crippen molar-refractivity contribution in [3.05, 3.63) is 35.4 Å². The Morgan fingerprint density at radius 1 is 1.21 bits per heavy atom. The van der Waals surface area contributed by atoms with E-state index in [4.69, 9.17) is 0 Å². The van der Waals surface area contributed by atoms with E-state index in [1.807, 2.05) is 21.8 Å². The predicted molar refractivity (Wildman–Crippen MR) is 75.8 cm³/mol. The zero-order valence-corrected chi connectivity index (χ0v) is 12.2. The number of aryl methyl sites for hydroxylation is 2. The molecule has 1 unspecified atom stereocenters. The SMILES string of the molecule is CCn1nccc1C(C)NCc1cnn(CC)c1C. The summed E-state index contributed by atoms with van der Waals surface area (Å²) in [6, 6.07) is 2.36. The summed E-state index contributed by atoms with van der Waals surface area (Å²) >= 11 is 0. The monoisotopic (exact) mass is 261 g/mol. The van der Waals surface area contributed by atoms with Gasteiger partial charge in [0.05, 0.1) is 11.9 Å². The van der Waals surface area contributed by atoms with Gasteiger partial charge in [0, 0.05) is 43.1 Å². The molecule has 2 aromatic rings. The van der Waals surface area contributed by atoms with Crippen LogP contribution in [0.25, 0.3) is 0 Å². The first-order valence-corrected chi connectivity index (χ1v) is 6.93. The van der Waals surface area contributed by atoms with Gasteiger partial charge in [0.1, 0.15) is 0 Å². The van der Waals surface area contributed by atoms with Crippen LogP contribution in [0.3, 0.4) is 0 Å². The van der Waals surface area contributed by atoms with Crippen molar-refractivity contribution < 1.29 is 0 Å². The van der Waals surface area contributed by atoms with Crippen LogP contribution >= 0.6 is 0 Å². The highest BCUT2D eigenvalue weighted by Gasteiger charge is 2.11. The van der Waals surface area contributed by atoms with Crippen molar-refractivity contribution in [3.8, 4) is 0 Å². The van der Waals surface area contributed by atoms with Crippen molar-refractivity contribution in [2.45, 2.75) is 53.4 Å². The van der Waals surface area contributed by atoms with Crippen LogP contribution in [0.4, 0.5) is 0 Å². The molecule has 0 bridgehead atoms. The molecule has 0 aliphatic heterocycles. The van der Waals surface area contributed by atoms with Crippen LogP contribution < -0.4 is 5.32 Å². The molecule has 104 valence electrons. The molecule has 0 fully saturated rings. The average molecular weight is 261 g/mol. The molecule has 0 spiro atoms. The minimum atomic E-state index is 0.284. The zero-order valence-electron chi connectivity index (χ0n) is 12.2. The number of nitrogens with zero attached hydrogens (tertiary/aromatic N) is 4. The molecule has 1 N–H and O–H groups in total. The van der Waals surface area contributed by atoms with Gasteiger partial charge in [0.2, 0.25) is 0 Å². The van der Waals surface area contributed by atoms with E-state index >= 15 is 0 Å². The Labute approximate surface area is 114 Å². The first-order chi connectivity index (χ1) is 9.17. The fourth-order valence-electron chi connectivity index (χ4n) is 2.32. The molecular formula is C14H23N5. The average Bonchev–Trinajstić information content (AvgIpc) is 3.02. The number of aromatic nitrogens is 4. The van der Waals surface area contributed by atoms with Gasteiger partial charge in [-0.05, 0) is 33.8 Å². The van der Waals surface area contributed by atoms with Crippen LogP contribution in [0.5, 0.6) is 0 Å². The van der Waals surface area contributed by atoms with Gasteiger partial charge in [-0.1, -0.05) is 0 Å². The highest BCUT2D eigenvalue weighted by Crippen LogP contribution is 2.14. The van der Waals surface area contributed by atoms with Crippen molar-refractivity contribution in [2.75, 3.05) is 0 Å². The van der Waals surface area contributed by atoms with Crippen molar-refractivity contribution in [2.24, 2.45) is 0 Å².